The SMILES string of the molecule is C=CCOc1ccc(C2c3c(oc4ccc(C)cc4c3=O)C(=O)N2c2nccs2)cc1OCC. The molecule has 1 amide bonds. The molecule has 34 heavy (non-hydrogen) atoms. The molecule has 0 saturated heterocycles. The topological polar surface area (TPSA) is 81.9 Å². The Morgan fingerprint density at radius 3 is 2.76 bits per heavy atom. The predicted octanol–water partition coefficient (Wildman–Crippen LogP) is 5.27. The van der Waals surface area contributed by atoms with Crippen molar-refractivity contribution < 1.29 is 18.7 Å². The molecule has 0 bridgehead atoms. The number of benzene rings is 2. The lowest BCUT2D eigenvalue weighted by Crippen LogP contribution is -2.29. The number of aromatic nitrogens is 1. The Morgan fingerprint density at radius 2 is 2.03 bits per heavy atom. The number of carbonyl (C=O) groups excluding carboxylic acids is 1. The van der Waals surface area contributed by atoms with Crippen LogP contribution in [0.5, 0.6) is 11.5 Å². The Morgan fingerprint density at radius 1 is 1.18 bits per heavy atom. The number of thiazole rings is 1. The maximum Gasteiger partial charge on any atom is 0.297 e. The number of carbonyl (C=O) groups is 1. The van der Waals surface area contributed by atoms with E-state index in [9.17, 15) is 9.59 Å². The molecule has 3 heterocycles. The minimum absolute atomic E-state index is 0.0338. The van der Waals surface area contributed by atoms with Crippen molar-refractivity contribution in [2.45, 2.75) is 19.9 Å². The monoisotopic (exact) mass is 474 g/mol. The molecule has 1 atom stereocenters. The van der Waals surface area contributed by atoms with Gasteiger partial charge in [-0.3, -0.25) is 14.5 Å². The van der Waals surface area contributed by atoms with Gasteiger partial charge in [0.25, 0.3) is 5.91 Å². The lowest BCUT2D eigenvalue weighted by atomic mass is 9.98. The van der Waals surface area contributed by atoms with Gasteiger partial charge < -0.3 is 13.9 Å². The summed E-state index contributed by atoms with van der Waals surface area (Å²) < 4.78 is 17.5. The quantitative estimate of drug-likeness (QED) is 0.339. The first-order valence-corrected chi connectivity index (χ1v) is 11.7. The Bertz CT molecular complexity index is 1460. The third-order valence-electron chi connectivity index (χ3n) is 5.59. The zero-order valence-corrected chi connectivity index (χ0v) is 19.6. The van der Waals surface area contributed by atoms with E-state index in [2.05, 4.69) is 11.6 Å². The first-order valence-electron chi connectivity index (χ1n) is 10.8. The molecule has 172 valence electrons. The van der Waals surface area contributed by atoms with Gasteiger partial charge in [-0.05, 0) is 43.7 Å². The van der Waals surface area contributed by atoms with Crippen molar-refractivity contribution in [3.05, 3.63) is 93.3 Å². The first-order chi connectivity index (χ1) is 16.5. The lowest BCUT2D eigenvalue weighted by Gasteiger charge is -2.23. The molecule has 4 aromatic rings. The summed E-state index contributed by atoms with van der Waals surface area (Å²) in [6.45, 7) is 8.22. The Kier molecular flexibility index (Phi) is 5.67. The summed E-state index contributed by atoms with van der Waals surface area (Å²) in [5.74, 6) is 0.700. The zero-order valence-electron chi connectivity index (χ0n) is 18.7. The van der Waals surface area contributed by atoms with E-state index in [4.69, 9.17) is 13.9 Å². The highest BCUT2D eigenvalue weighted by molar-refractivity contribution is 7.13. The van der Waals surface area contributed by atoms with Crippen LogP contribution in [0.2, 0.25) is 0 Å². The minimum atomic E-state index is -0.720. The molecule has 0 N–H and O–H groups in total. The average molecular weight is 475 g/mol. The maximum absolute atomic E-state index is 13.7. The summed E-state index contributed by atoms with van der Waals surface area (Å²) in [5, 5.41) is 2.70. The molecule has 2 aromatic heterocycles. The number of nitrogens with zero attached hydrogens (tertiary/aromatic N) is 2. The van der Waals surface area contributed by atoms with Gasteiger partial charge >= 0.3 is 0 Å². The number of fused-ring (bicyclic) bond motifs is 2. The van der Waals surface area contributed by atoms with Crippen LogP contribution in [-0.4, -0.2) is 24.1 Å². The summed E-state index contributed by atoms with van der Waals surface area (Å²) >= 11 is 1.32. The van der Waals surface area contributed by atoms with E-state index < -0.39 is 11.9 Å². The van der Waals surface area contributed by atoms with E-state index in [0.29, 0.717) is 51.9 Å². The summed E-state index contributed by atoms with van der Waals surface area (Å²) in [4.78, 5) is 33.1. The van der Waals surface area contributed by atoms with E-state index in [-0.39, 0.29) is 11.2 Å². The predicted molar refractivity (Wildman–Crippen MR) is 131 cm³/mol. The second kappa shape index (κ2) is 8.79. The van der Waals surface area contributed by atoms with Crippen molar-refractivity contribution in [3.63, 3.8) is 0 Å². The standard InChI is InChI=1S/C26H22N2O5S/c1-4-11-32-19-9-7-16(14-20(19)31-5-2)22-21-23(29)17-13-15(3)6-8-18(17)33-24(21)25(30)28(22)26-27-10-12-34-26/h4,6-10,12-14,22H,1,5,11H2,2-3H3. The van der Waals surface area contributed by atoms with Gasteiger partial charge in [0.05, 0.1) is 23.6 Å². The van der Waals surface area contributed by atoms with Gasteiger partial charge in [0, 0.05) is 11.6 Å². The molecule has 8 heteroatoms. The molecule has 1 unspecified atom stereocenters. The van der Waals surface area contributed by atoms with Gasteiger partial charge in [-0.15, -0.1) is 11.3 Å². The fourth-order valence-corrected chi connectivity index (χ4v) is 4.83. The number of hydrogen-bond acceptors (Lipinski definition) is 7. The molecule has 0 spiro atoms. The Labute approximate surface area is 199 Å². The van der Waals surface area contributed by atoms with Crippen LogP contribution in [-0.2, 0) is 0 Å². The van der Waals surface area contributed by atoms with Gasteiger partial charge in [-0.25, -0.2) is 4.98 Å². The molecule has 0 fully saturated rings. The van der Waals surface area contributed by atoms with Crippen LogP contribution in [0.1, 0.15) is 40.2 Å². The van der Waals surface area contributed by atoms with Gasteiger partial charge in [0.2, 0.25) is 5.76 Å². The molecular weight excluding hydrogens is 452 g/mol. The van der Waals surface area contributed by atoms with Crippen molar-refractivity contribution >= 4 is 33.3 Å². The maximum atomic E-state index is 13.7. The van der Waals surface area contributed by atoms with Crippen molar-refractivity contribution in [3.8, 4) is 11.5 Å². The highest BCUT2D eigenvalue weighted by Gasteiger charge is 2.45. The highest BCUT2D eigenvalue weighted by Crippen LogP contribution is 2.43. The van der Waals surface area contributed by atoms with Crippen molar-refractivity contribution in [2.24, 2.45) is 0 Å². The normalized spacial score (nSPS) is 14.9. The second-order valence-electron chi connectivity index (χ2n) is 7.80. The Hall–Kier alpha value is -3.91. The number of anilines is 1. The number of amides is 1. The third kappa shape index (κ3) is 3.56. The minimum Gasteiger partial charge on any atom is -0.490 e. The number of ether oxygens (including phenoxy) is 2. The van der Waals surface area contributed by atoms with Crippen molar-refractivity contribution in [2.75, 3.05) is 18.1 Å². The van der Waals surface area contributed by atoms with Crippen LogP contribution in [0.15, 0.2) is 69.8 Å². The fourth-order valence-electron chi connectivity index (χ4n) is 4.17. The second-order valence-corrected chi connectivity index (χ2v) is 8.68. The van der Waals surface area contributed by atoms with E-state index in [0.717, 1.165) is 5.56 Å². The average Bonchev–Trinajstić information content (AvgIpc) is 3.46. The summed E-state index contributed by atoms with van der Waals surface area (Å²) in [7, 11) is 0. The van der Waals surface area contributed by atoms with Crippen LogP contribution in [0, 0.1) is 6.92 Å². The molecule has 5 rings (SSSR count). The largest absolute Gasteiger partial charge is 0.490 e. The van der Waals surface area contributed by atoms with Gasteiger partial charge in [-0.1, -0.05) is 30.4 Å². The van der Waals surface area contributed by atoms with Crippen LogP contribution in [0.25, 0.3) is 11.0 Å². The van der Waals surface area contributed by atoms with Gasteiger partial charge in [-0.2, -0.15) is 0 Å². The fraction of sp³-hybridized carbons (Fsp3) is 0.192. The van der Waals surface area contributed by atoms with Crippen LogP contribution < -0.4 is 19.8 Å². The molecule has 0 radical (unpaired) electrons. The molecule has 2 aromatic carbocycles. The van der Waals surface area contributed by atoms with E-state index in [1.807, 2.05) is 26.0 Å². The summed E-state index contributed by atoms with van der Waals surface area (Å²) in [5.41, 5.74) is 2.06. The van der Waals surface area contributed by atoms with Crippen LogP contribution in [0.3, 0.4) is 0 Å². The molecule has 1 aliphatic rings. The van der Waals surface area contributed by atoms with Gasteiger partial charge in [0.1, 0.15) is 12.2 Å². The van der Waals surface area contributed by atoms with E-state index >= 15 is 0 Å². The van der Waals surface area contributed by atoms with Crippen LogP contribution >= 0.6 is 11.3 Å². The van der Waals surface area contributed by atoms with Crippen molar-refractivity contribution in [1.29, 1.82) is 0 Å². The number of aryl methyl sites for hydroxylation is 1. The van der Waals surface area contributed by atoms with Crippen LogP contribution in [0.4, 0.5) is 5.13 Å². The third-order valence-corrected chi connectivity index (χ3v) is 6.36. The number of rotatable bonds is 7. The summed E-state index contributed by atoms with van der Waals surface area (Å²) in [6, 6.07) is 10.0. The molecule has 1 aliphatic heterocycles. The summed E-state index contributed by atoms with van der Waals surface area (Å²) in [6.07, 6.45) is 3.28. The zero-order chi connectivity index (χ0) is 23.8. The first kappa shape index (κ1) is 21.9. The van der Waals surface area contributed by atoms with Crippen molar-refractivity contribution in [1.82, 2.24) is 4.98 Å². The highest BCUT2D eigenvalue weighted by atomic mass is 32.1. The molecule has 0 saturated carbocycles. The molecule has 7 nitrogen and oxygen atoms in total. The molecular formula is C26H22N2O5S. The Balaban J connectivity index is 1.75. The lowest BCUT2D eigenvalue weighted by molar-refractivity contribution is 0.0971. The van der Waals surface area contributed by atoms with E-state index in [1.165, 1.54) is 16.2 Å². The molecule has 0 aliphatic carbocycles. The smallest absolute Gasteiger partial charge is 0.297 e. The van der Waals surface area contributed by atoms with Gasteiger partial charge in [0.15, 0.2) is 22.1 Å². The number of hydrogen-bond donors (Lipinski definition) is 0. The van der Waals surface area contributed by atoms with E-state index in [1.54, 1.807) is 41.9 Å².